The van der Waals surface area contributed by atoms with Crippen molar-refractivity contribution in [3.8, 4) is 0 Å². The Morgan fingerprint density at radius 1 is 1.46 bits per heavy atom. The number of pyridine rings is 1. The highest BCUT2D eigenvalue weighted by Crippen LogP contribution is 2.26. The second-order valence-electron chi connectivity index (χ2n) is 6.67. The summed E-state index contributed by atoms with van der Waals surface area (Å²) in [5, 5.41) is 0. The van der Waals surface area contributed by atoms with Gasteiger partial charge in [-0.1, -0.05) is 0 Å². The zero-order valence-corrected chi connectivity index (χ0v) is 15.5. The van der Waals surface area contributed by atoms with Crippen LogP contribution in [0.4, 0.5) is 10.2 Å². The number of hydrogen-bond acceptors (Lipinski definition) is 4. The molecule has 1 amide bonds. The van der Waals surface area contributed by atoms with Gasteiger partial charge in [0.25, 0.3) is 0 Å². The second-order valence-corrected chi connectivity index (χ2v) is 7.58. The van der Waals surface area contributed by atoms with E-state index in [1.165, 1.54) is 6.07 Å². The van der Waals surface area contributed by atoms with Crippen molar-refractivity contribution in [2.45, 2.75) is 19.3 Å². The van der Waals surface area contributed by atoms with Crippen LogP contribution in [0.5, 0.6) is 0 Å². The minimum Gasteiger partial charge on any atom is -0.381 e. The number of nitrogens with zero attached hydrogens (tertiary/aromatic N) is 3. The van der Waals surface area contributed by atoms with Crippen LogP contribution in [0.2, 0.25) is 0 Å². The molecule has 0 aromatic carbocycles. The Bertz CT molecular complexity index is 587. The lowest BCUT2D eigenvalue weighted by atomic mass is 9.95. The molecular weight excluding hydrogens is 377 g/mol. The van der Waals surface area contributed by atoms with Crippen LogP contribution in [-0.2, 0) is 9.53 Å². The Labute approximate surface area is 150 Å². The van der Waals surface area contributed by atoms with Gasteiger partial charge >= 0.3 is 0 Å². The SMILES string of the molecule is CN(CC1CCN(c2ncc(Br)cc2F)CC1)C(=O)C1CCOC1. The number of amides is 1. The van der Waals surface area contributed by atoms with Crippen LogP contribution in [0.15, 0.2) is 16.7 Å². The van der Waals surface area contributed by atoms with E-state index in [2.05, 4.69) is 20.9 Å². The van der Waals surface area contributed by atoms with Crippen molar-refractivity contribution in [3.05, 3.63) is 22.6 Å². The third-order valence-electron chi connectivity index (χ3n) is 4.89. The zero-order valence-electron chi connectivity index (χ0n) is 13.9. The van der Waals surface area contributed by atoms with Gasteiger partial charge in [-0.3, -0.25) is 4.79 Å². The molecule has 5 nitrogen and oxygen atoms in total. The predicted molar refractivity (Wildman–Crippen MR) is 93.4 cm³/mol. The van der Waals surface area contributed by atoms with Crippen LogP contribution in [0.1, 0.15) is 19.3 Å². The zero-order chi connectivity index (χ0) is 17.1. The summed E-state index contributed by atoms with van der Waals surface area (Å²) in [6.45, 7) is 3.54. The molecule has 0 bridgehead atoms. The summed E-state index contributed by atoms with van der Waals surface area (Å²) in [6, 6.07) is 1.45. The fraction of sp³-hybridized carbons (Fsp3) is 0.647. The normalized spacial score (nSPS) is 22.0. The van der Waals surface area contributed by atoms with Crippen molar-refractivity contribution in [2.24, 2.45) is 11.8 Å². The summed E-state index contributed by atoms with van der Waals surface area (Å²) in [5.74, 6) is 0.795. The summed E-state index contributed by atoms with van der Waals surface area (Å²) < 4.78 is 20.0. The van der Waals surface area contributed by atoms with Gasteiger partial charge in [0.2, 0.25) is 5.91 Å². The maximum atomic E-state index is 14.0. The van der Waals surface area contributed by atoms with E-state index in [-0.39, 0.29) is 17.6 Å². The minimum absolute atomic E-state index is 0.0242. The first kappa shape index (κ1) is 17.6. The highest BCUT2D eigenvalue weighted by atomic mass is 79.9. The highest BCUT2D eigenvalue weighted by Gasteiger charge is 2.29. The van der Waals surface area contributed by atoms with E-state index >= 15 is 0 Å². The third kappa shape index (κ3) is 4.06. The standard InChI is InChI=1S/C17H23BrFN3O2/c1-21(17(23)13-4-7-24-11-13)10-12-2-5-22(6-3-12)16-15(19)8-14(18)9-20-16/h8-9,12-13H,2-7,10-11H2,1H3. The van der Waals surface area contributed by atoms with Crippen LogP contribution in [0.3, 0.4) is 0 Å². The lowest BCUT2D eigenvalue weighted by molar-refractivity contribution is -0.134. The number of ether oxygens (including phenoxy) is 1. The molecule has 1 atom stereocenters. The largest absolute Gasteiger partial charge is 0.381 e. The molecule has 2 aliphatic rings. The van der Waals surface area contributed by atoms with Gasteiger partial charge in [0.15, 0.2) is 11.6 Å². The highest BCUT2D eigenvalue weighted by molar-refractivity contribution is 9.10. The van der Waals surface area contributed by atoms with E-state index in [4.69, 9.17) is 4.74 Å². The number of carbonyl (C=O) groups excluding carboxylic acids is 1. The minimum atomic E-state index is -0.295. The Morgan fingerprint density at radius 3 is 2.83 bits per heavy atom. The second kappa shape index (κ2) is 7.78. The van der Waals surface area contributed by atoms with E-state index in [0.29, 0.717) is 29.4 Å². The first-order chi connectivity index (χ1) is 11.5. The van der Waals surface area contributed by atoms with Gasteiger partial charge in [-0.15, -0.1) is 0 Å². The summed E-state index contributed by atoms with van der Waals surface area (Å²) in [6.07, 6.45) is 4.34. The van der Waals surface area contributed by atoms with Crippen LogP contribution in [0.25, 0.3) is 0 Å². The molecule has 132 valence electrons. The molecular formula is C17H23BrFN3O2. The van der Waals surface area contributed by atoms with Crippen molar-refractivity contribution >= 4 is 27.7 Å². The van der Waals surface area contributed by atoms with Crippen molar-refractivity contribution in [2.75, 3.05) is 44.8 Å². The van der Waals surface area contributed by atoms with Crippen molar-refractivity contribution in [1.82, 2.24) is 9.88 Å². The summed E-state index contributed by atoms with van der Waals surface area (Å²) in [7, 11) is 1.88. The maximum Gasteiger partial charge on any atom is 0.227 e. The Hall–Kier alpha value is -1.21. The lowest BCUT2D eigenvalue weighted by Gasteiger charge is -2.35. The molecule has 2 saturated heterocycles. The number of rotatable bonds is 4. The lowest BCUT2D eigenvalue weighted by Crippen LogP contribution is -2.41. The monoisotopic (exact) mass is 399 g/mol. The number of carbonyl (C=O) groups is 1. The van der Waals surface area contributed by atoms with Gasteiger partial charge in [0.05, 0.1) is 12.5 Å². The first-order valence-electron chi connectivity index (χ1n) is 8.43. The van der Waals surface area contributed by atoms with Crippen LogP contribution < -0.4 is 4.90 Å². The fourth-order valence-electron chi connectivity index (χ4n) is 3.49. The van der Waals surface area contributed by atoms with Crippen molar-refractivity contribution < 1.29 is 13.9 Å². The summed E-state index contributed by atoms with van der Waals surface area (Å²) >= 11 is 3.23. The summed E-state index contributed by atoms with van der Waals surface area (Å²) in [5.41, 5.74) is 0. The van der Waals surface area contributed by atoms with Gasteiger partial charge < -0.3 is 14.5 Å². The van der Waals surface area contributed by atoms with Crippen LogP contribution in [0, 0.1) is 17.7 Å². The van der Waals surface area contributed by atoms with E-state index in [1.54, 1.807) is 6.20 Å². The number of halogens is 2. The van der Waals surface area contributed by atoms with Crippen LogP contribution >= 0.6 is 15.9 Å². The van der Waals surface area contributed by atoms with Gasteiger partial charge in [0, 0.05) is 44.0 Å². The molecule has 3 heterocycles. The van der Waals surface area contributed by atoms with Crippen molar-refractivity contribution in [3.63, 3.8) is 0 Å². The molecule has 0 radical (unpaired) electrons. The summed E-state index contributed by atoms with van der Waals surface area (Å²) in [4.78, 5) is 20.4. The van der Waals surface area contributed by atoms with E-state index in [1.807, 2.05) is 16.8 Å². The average Bonchev–Trinajstić information content (AvgIpc) is 3.09. The van der Waals surface area contributed by atoms with Crippen molar-refractivity contribution in [1.29, 1.82) is 0 Å². The maximum absolute atomic E-state index is 14.0. The Morgan fingerprint density at radius 2 is 2.21 bits per heavy atom. The molecule has 1 aromatic heterocycles. The molecule has 7 heteroatoms. The fourth-order valence-corrected chi connectivity index (χ4v) is 3.79. The molecule has 0 spiro atoms. The smallest absolute Gasteiger partial charge is 0.227 e. The molecule has 2 fully saturated rings. The Kier molecular flexibility index (Phi) is 5.71. The number of anilines is 1. The molecule has 1 unspecified atom stereocenters. The number of piperidine rings is 1. The average molecular weight is 400 g/mol. The van der Waals surface area contributed by atoms with Gasteiger partial charge in [0.1, 0.15) is 0 Å². The first-order valence-corrected chi connectivity index (χ1v) is 9.22. The Balaban J connectivity index is 1.50. The van der Waals surface area contributed by atoms with Gasteiger partial charge in [-0.25, -0.2) is 9.37 Å². The predicted octanol–water partition coefficient (Wildman–Crippen LogP) is 2.69. The molecule has 0 saturated carbocycles. The van der Waals surface area contributed by atoms with Gasteiger partial charge in [-0.05, 0) is 47.2 Å². The van der Waals surface area contributed by atoms with Gasteiger partial charge in [-0.2, -0.15) is 0 Å². The molecule has 24 heavy (non-hydrogen) atoms. The molecule has 0 aliphatic carbocycles. The molecule has 2 aliphatic heterocycles. The molecule has 3 rings (SSSR count). The third-order valence-corrected chi connectivity index (χ3v) is 5.32. The quantitative estimate of drug-likeness (QED) is 0.780. The van der Waals surface area contributed by atoms with Crippen LogP contribution in [-0.4, -0.2) is 55.7 Å². The number of hydrogen-bond donors (Lipinski definition) is 0. The topological polar surface area (TPSA) is 45.7 Å². The number of aromatic nitrogens is 1. The van der Waals surface area contributed by atoms with E-state index in [9.17, 15) is 9.18 Å². The molecule has 1 aromatic rings. The van der Waals surface area contributed by atoms with E-state index in [0.717, 1.165) is 38.9 Å². The van der Waals surface area contributed by atoms with E-state index < -0.39 is 0 Å². The molecule has 0 N–H and O–H groups in total.